The van der Waals surface area contributed by atoms with Crippen molar-refractivity contribution in [1.82, 2.24) is 15.3 Å². The molecule has 0 spiro atoms. The maximum atomic E-state index is 12.6. The molecule has 5 nitrogen and oxygen atoms in total. The first kappa shape index (κ1) is 16.1. The molecule has 1 N–H and O–H groups in total. The molecule has 0 saturated carbocycles. The molecule has 2 aromatic heterocycles. The standard InChI is InChI=1S/C17H18BrN3O2/c18-15-8-14(10-20-11-15)17(22)21-16(12-3-6-23-7-4-12)13-2-1-5-19-9-13/h1-2,5,8-12,16H,3-4,6-7H2,(H,21,22). The van der Waals surface area contributed by atoms with Gasteiger partial charge in [-0.3, -0.25) is 14.8 Å². The molecular formula is C17H18BrN3O2. The Hall–Kier alpha value is -1.79. The minimum atomic E-state index is -0.126. The van der Waals surface area contributed by atoms with Gasteiger partial charge in [0.25, 0.3) is 5.91 Å². The molecule has 0 aliphatic carbocycles. The summed E-state index contributed by atoms with van der Waals surface area (Å²) in [5, 5.41) is 3.15. The van der Waals surface area contributed by atoms with Crippen LogP contribution in [0.4, 0.5) is 0 Å². The lowest BCUT2D eigenvalue weighted by atomic mass is 9.87. The van der Waals surface area contributed by atoms with E-state index in [0.717, 1.165) is 36.1 Å². The SMILES string of the molecule is O=C(NC(c1cccnc1)C1CCOCC1)c1cncc(Br)c1. The van der Waals surface area contributed by atoms with Crippen molar-refractivity contribution in [3.8, 4) is 0 Å². The van der Waals surface area contributed by atoms with Crippen molar-refractivity contribution in [2.24, 2.45) is 5.92 Å². The van der Waals surface area contributed by atoms with E-state index in [4.69, 9.17) is 4.74 Å². The molecule has 1 saturated heterocycles. The second-order valence-electron chi connectivity index (χ2n) is 5.58. The average molecular weight is 376 g/mol. The van der Waals surface area contributed by atoms with Crippen LogP contribution in [0.5, 0.6) is 0 Å². The fraction of sp³-hybridized carbons (Fsp3) is 0.353. The van der Waals surface area contributed by atoms with Gasteiger partial charge < -0.3 is 10.1 Å². The van der Waals surface area contributed by atoms with Crippen LogP contribution in [0.3, 0.4) is 0 Å². The van der Waals surface area contributed by atoms with Gasteiger partial charge in [-0.15, -0.1) is 0 Å². The molecule has 6 heteroatoms. The lowest BCUT2D eigenvalue weighted by Crippen LogP contribution is -2.36. The molecule has 0 bridgehead atoms. The summed E-state index contributed by atoms with van der Waals surface area (Å²) in [6, 6.07) is 5.60. The summed E-state index contributed by atoms with van der Waals surface area (Å²) < 4.78 is 6.23. The van der Waals surface area contributed by atoms with Crippen molar-refractivity contribution in [3.63, 3.8) is 0 Å². The van der Waals surface area contributed by atoms with Gasteiger partial charge in [-0.2, -0.15) is 0 Å². The zero-order valence-corrected chi connectivity index (χ0v) is 14.2. The average Bonchev–Trinajstić information content (AvgIpc) is 2.61. The van der Waals surface area contributed by atoms with E-state index in [1.165, 1.54) is 0 Å². The highest BCUT2D eigenvalue weighted by Crippen LogP contribution is 2.30. The number of hydrogen-bond acceptors (Lipinski definition) is 4. The van der Waals surface area contributed by atoms with Gasteiger partial charge >= 0.3 is 0 Å². The molecule has 0 radical (unpaired) electrons. The van der Waals surface area contributed by atoms with E-state index < -0.39 is 0 Å². The molecular weight excluding hydrogens is 358 g/mol. The van der Waals surface area contributed by atoms with Crippen LogP contribution >= 0.6 is 15.9 Å². The summed E-state index contributed by atoms with van der Waals surface area (Å²) in [6.45, 7) is 1.46. The number of halogens is 1. The number of amides is 1. The van der Waals surface area contributed by atoms with Crippen molar-refractivity contribution >= 4 is 21.8 Å². The predicted octanol–water partition coefficient (Wildman–Crippen LogP) is 3.14. The van der Waals surface area contributed by atoms with Crippen LogP contribution in [0.1, 0.15) is 34.8 Å². The summed E-state index contributed by atoms with van der Waals surface area (Å²) in [5.41, 5.74) is 1.57. The van der Waals surface area contributed by atoms with Gasteiger partial charge in [0.2, 0.25) is 0 Å². The molecule has 2 aromatic rings. The van der Waals surface area contributed by atoms with Crippen molar-refractivity contribution in [1.29, 1.82) is 0 Å². The monoisotopic (exact) mass is 375 g/mol. The third-order valence-corrected chi connectivity index (χ3v) is 4.47. The highest BCUT2D eigenvalue weighted by Gasteiger charge is 2.27. The van der Waals surface area contributed by atoms with Crippen molar-refractivity contribution < 1.29 is 9.53 Å². The van der Waals surface area contributed by atoms with E-state index in [-0.39, 0.29) is 11.9 Å². The number of aromatic nitrogens is 2. The Morgan fingerprint density at radius 3 is 2.78 bits per heavy atom. The molecule has 1 unspecified atom stereocenters. The minimum absolute atomic E-state index is 0.0703. The topological polar surface area (TPSA) is 64.1 Å². The molecule has 3 rings (SSSR count). The molecule has 23 heavy (non-hydrogen) atoms. The third kappa shape index (κ3) is 4.14. The first-order valence-corrected chi connectivity index (χ1v) is 8.42. The summed E-state index contributed by atoms with van der Waals surface area (Å²) >= 11 is 3.35. The molecule has 1 aliphatic rings. The highest BCUT2D eigenvalue weighted by molar-refractivity contribution is 9.10. The Morgan fingerprint density at radius 1 is 1.26 bits per heavy atom. The van der Waals surface area contributed by atoms with E-state index in [1.807, 2.05) is 18.3 Å². The van der Waals surface area contributed by atoms with Gasteiger partial charge in [0.15, 0.2) is 0 Å². The Balaban J connectivity index is 1.82. The Labute approximate surface area is 143 Å². The second-order valence-corrected chi connectivity index (χ2v) is 6.49. The Morgan fingerprint density at radius 2 is 2.09 bits per heavy atom. The molecule has 0 aromatic carbocycles. The van der Waals surface area contributed by atoms with Crippen LogP contribution in [0, 0.1) is 5.92 Å². The number of hydrogen-bond donors (Lipinski definition) is 1. The Kier molecular flexibility index (Phi) is 5.35. The fourth-order valence-electron chi connectivity index (χ4n) is 2.84. The van der Waals surface area contributed by atoms with Gasteiger partial charge in [0.1, 0.15) is 0 Å². The number of nitrogens with zero attached hydrogens (tertiary/aromatic N) is 2. The molecule has 3 heterocycles. The summed E-state index contributed by atoms with van der Waals surface area (Å²) in [6.07, 6.45) is 8.65. The van der Waals surface area contributed by atoms with E-state index in [1.54, 1.807) is 24.7 Å². The molecule has 1 fully saturated rings. The summed E-state index contributed by atoms with van der Waals surface area (Å²) in [7, 11) is 0. The van der Waals surface area contributed by atoms with E-state index in [9.17, 15) is 4.79 Å². The fourth-order valence-corrected chi connectivity index (χ4v) is 3.21. The molecule has 1 amide bonds. The number of nitrogens with one attached hydrogen (secondary N) is 1. The van der Waals surface area contributed by atoms with Crippen molar-refractivity contribution in [2.45, 2.75) is 18.9 Å². The number of pyridine rings is 2. The summed E-state index contributed by atoms with van der Waals surface area (Å²) in [4.78, 5) is 20.8. The predicted molar refractivity (Wildman–Crippen MR) is 89.9 cm³/mol. The smallest absolute Gasteiger partial charge is 0.253 e. The van der Waals surface area contributed by atoms with Crippen LogP contribution in [-0.4, -0.2) is 29.1 Å². The number of carbonyl (C=O) groups is 1. The largest absolute Gasteiger partial charge is 0.381 e. The maximum Gasteiger partial charge on any atom is 0.253 e. The lowest BCUT2D eigenvalue weighted by molar-refractivity contribution is 0.0513. The number of carbonyl (C=O) groups excluding carboxylic acids is 1. The zero-order chi connectivity index (χ0) is 16.1. The van der Waals surface area contributed by atoms with Gasteiger partial charge in [-0.05, 0) is 52.4 Å². The first-order valence-electron chi connectivity index (χ1n) is 7.63. The van der Waals surface area contributed by atoms with Crippen LogP contribution in [0.25, 0.3) is 0 Å². The van der Waals surface area contributed by atoms with Crippen LogP contribution in [-0.2, 0) is 4.74 Å². The quantitative estimate of drug-likeness (QED) is 0.891. The van der Waals surface area contributed by atoms with Crippen LogP contribution < -0.4 is 5.32 Å². The van der Waals surface area contributed by atoms with Gasteiger partial charge in [0.05, 0.1) is 11.6 Å². The summed E-state index contributed by atoms with van der Waals surface area (Å²) in [5.74, 6) is 0.219. The van der Waals surface area contributed by atoms with E-state index >= 15 is 0 Å². The first-order chi connectivity index (χ1) is 11.2. The number of ether oxygens (including phenoxy) is 1. The number of rotatable bonds is 4. The van der Waals surface area contributed by atoms with Crippen LogP contribution in [0.2, 0.25) is 0 Å². The van der Waals surface area contributed by atoms with Crippen LogP contribution in [0.15, 0.2) is 47.5 Å². The van der Waals surface area contributed by atoms with Gasteiger partial charge in [-0.1, -0.05) is 6.07 Å². The van der Waals surface area contributed by atoms with Gasteiger partial charge in [-0.25, -0.2) is 0 Å². The van der Waals surface area contributed by atoms with Crippen molar-refractivity contribution in [2.75, 3.05) is 13.2 Å². The molecule has 120 valence electrons. The van der Waals surface area contributed by atoms with E-state index in [2.05, 4.69) is 31.2 Å². The third-order valence-electron chi connectivity index (χ3n) is 4.03. The van der Waals surface area contributed by atoms with E-state index in [0.29, 0.717) is 11.5 Å². The molecule has 1 aliphatic heterocycles. The lowest BCUT2D eigenvalue weighted by Gasteiger charge is -2.31. The maximum absolute atomic E-state index is 12.6. The Bertz CT molecular complexity index is 660. The van der Waals surface area contributed by atoms with Gasteiger partial charge in [0, 0.05) is 42.5 Å². The van der Waals surface area contributed by atoms with Crippen molar-refractivity contribution in [3.05, 3.63) is 58.6 Å². The molecule has 1 atom stereocenters. The second kappa shape index (κ2) is 7.66. The normalized spacial score (nSPS) is 16.7. The highest BCUT2D eigenvalue weighted by atomic mass is 79.9. The minimum Gasteiger partial charge on any atom is -0.381 e. The zero-order valence-electron chi connectivity index (χ0n) is 12.6.